The third kappa shape index (κ3) is 8.27. The van der Waals surface area contributed by atoms with E-state index in [0.29, 0.717) is 39.8 Å². The van der Waals surface area contributed by atoms with E-state index in [1.807, 2.05) is 130 Å². The maximum Gasteiger partial charge on any atom is 0.268 e. The molecule has 0 atom stereocenters. The van der Waals surface area contributed by atoms with Gasteiger partial charge in [0, 0.05) is 49.8 Å². The van der Waals surface area contributed by atoms with Crippen molar-refractivity contribution in [2.75, 3.05) is 0 Å². The predicted octanol–water partition coefficient (Wildman–Crippen LogP) is 12.1. The van der Waals surface area contributed by atoms with E-state index >= 15 is 0 Å². The van der Waals surface area contributed by atoms with Gasteiger partial charge in [-0.25, -0.2) is 4.98 Å². The number of hydrogen-bond acceptors (Lipinski definition) is 3. The summed E-state index contributed by atoms with van der Waals surface area (Å²) in [5.74, 6) is 1.49. The van der Waals surface area contributed by atoms with Crippen molar-refractivity contribution in [3.8, 4) is 28.7 Å². The zero-order valence-corrected chi connectivity index (χ0v) is 37.5. The van der Waals surface area contributed by atoms with Gasteiger partial charge >= 0.3 is 0 Å². The van der Waals surface area contributed by atoms with Gasteiger partial charge in [-0.1, -0.05) is 135 Å². The van der Waals surface area contributed by atoms with Crippen LogP contribution in [0.2, 0.25) is 0 Å². The van der Waals surface area contributed by atoms with Crippen molar-refractivity contribution in [3.05, 3.63) is 144 Å². The van der Waals surface area contributed by atoms with Crippen LogP contribution < -0.4 is 9.30 Å². The van der Waals surface area contributed by atoms with Crippen LogP contribution in [-0.4, -0.2) is 19.1 Å². The Bertz CT molecular complexity index is 3000. The standard InChI is InChI=1S/C51H53N5O.Pt/c1-33-44(55-32-54(38-16-14-15-35(25-38)30-49(3,4)5)43-22-19-37(27-46(43)55)51(9,10)11)29-47(34(2)53-33)57-39-20-21-41-40-17-12-13-18-42(40)56(45(41)28-39)48-26-36(23-24-52-48)31-50(6,7)8;/h12-27H,30-31H2,1-11H3;/q-2;/i30D2,31D2;. The van der Waals surface area contributed by atoms with Gasteiger partial charge in [-0.2, -0.15) is 6.07 Å². The maximum absolute atomic E-state index is 9.01. The van der Waals surface area contributed by atoms with Crippen LogP contribution in [0.3, 0.4) is 0 Å². The van der Waals surface area contributed by atoms with E-state index < -0.39 is 23.6 Å². The number of benzene rings is 4. The third-order valence-corrected chi connectivity index (χ3v) is 9.87. The van der Waals surface area contributed by atoms with Crippen LogP contribution >= 0.6 is 0 Å². The van der Waals surface area contributed by atoms with E-state index in [1.54, 1.807) is 12.3 Å². The molecule has 0 saturated carbocycles. The number of rotatable bonds is 7. The molecule has 0 aliphatic carbocycles. The van der Waals surface area contributed by atoms with Crippen LogP contribution in [0.1, 0.15) is 95.9 Å². The summed E-state index contributed by atoms with van der Waals surface area (Å²) in [5, 5.41) is 1.98. The van der Waals surface area contributed by atoms with Crippen molar-refractivity contribution >= 4 is 32.8 Å². The second-order valence-electron chi connectivity index (χ2n) is 18.1. The molecule has 4 heterocycles. The van der Waals surface area contributed by atoms with Gasteiger partial charge in [-0.3, -0.25) is 4.57 Å². The Hall–Kier alpha value is -5.06. The van der Waals surface area contributed by atoms with Gasteiger partial charge in [0.15, 0.2) is 0 Å². The molecule has 7 heteroatoms. The summed E-state index contributed by atoms with van der Waals surface area (Å²) < 4.78 is 48.7. The van der Waals surface area contributed by atoms with Gasteiger partial charge in [0.1, 0.15) is 5.82 Å². The molecule has 6 nitrogen and oxygen atoms in total. The summed E-state index contributed by atoms with van der Waals surface area (Å²) in [6.45, 7) is 21.9. The number of aryl methyl sites for hydroxylation is 2. The number of imidazole rings is 1. The first-order chi connectivity index (χ1) is 28.5. The van der Waals surface area contributed by atoms with Crippen molar-refractivity contribution in [2.45, 2.75) is 94.3 Å². The fourth-order valence-electron chi connectivity index (χ4n) is 7.38. The summed E-state index contributed by atoms with van der Waals surface area (Å²) in [4.78, 5) is 9.72. The summed E-state index contributed by atoms with van der Waals surface area (Å²) in [6.07, 6.45) is 2.09. The summed E-state index contributed by atoms with van der Waals surface area (Å²) in [6, 6.07) is 36.8. The van der Waals surface area contributed by atoms with Crippen LogP contribution in [0.15, 0.2) is 97.2 Å². The molecule has 8 rings (SSSR count). The fourth-order valence-corrected chi connectivity index (χ4v) is 7.38. The monoisotopic (exact) mass is 950 g/mol. The number of fused-ring (bicyclic) bond motifs is 4. The van der Waals surface area contributed by atoms with Crippen LogP contribution in [0, 0.1) is 43.1 Å². The molecular weight excluding hydrogens is 894 g/mol. The van der Waals surface area contributed by atoms with Gasteiger partial charge in [-0.15, -0.1) is 23.6 Å². The smallest absolute Gasteiger partial charge is 0.268 e. The van der Waals surface area contributed by atoms with E-state index in [4.69, 9.17) is 20.2 Å². The Morgan fingerprint density at radius 3 is 2.17 bits per heavy atom. The number of para-hydroxylation sites is 1. The van der Waals surface area contributed by atoms with Crippen LogP contribution in [0.5, 0.6) is 11.5 Å². The van der Waals surface area contributed by atoms with Gasteiger partial charge in [0.2, 0.25) is 0 Å². The SMILES string of the molecule is [2H]C([2H])(c1cccc(-[n+]2[c-]n(-c3[c-]c(Oc4[c-]c5c(cc4)c4ccccc4n5-c4cc(C([2H])([2H])C(C)(C)C)ccn4)c(C)nc3C)c3cc(C(C)(C)C)ccc32)c1)C(C)(C)C.[Pt]. The molecule has 0 bridgehead atoms. The molecule has 300 valence electrons. The quantitative estimate of drug-likeness (QED) is 0.118. The number of nitrogens with zero attached hydrogens (tertiary/aromatic N) is 5. The van der Waals surface area contributed by atoms with E-state index in [9.17, 15) is 0 Å². The summed E-state index contributed by atoms with van der Waals surface area (Å²) >= 11 is 0. The van der Waals surface area contributed by atoms with Gasteiger partial charge < -0.3 is 18.9 Å². The van der Waals surface area contributed by atoms with Crippen molar-refractivity contribution < 1.29 is 35.9 Å². The minimum absolute atomic E-state index is 0. The second kappa shape index (κ2) is 15.3. The predicted molar refractivity (Wildman–Crippen MR) is 232 cm³/mol. The minimum atomic E-state index is -1.60. The molecule has 0 saturated heterocycles. The molecule has 0 amide bonds. The molecule has 0 fully saturated rings. The molecule has 0 radical (unpaired) electrons. The Balaban J connectivity index is 0.00000578. The zero-order valence-electron chi connectivity index (χ0n) is 39.2. The molecule has 4 aromatic heterocycles. The summed E-state index contributed by atoms with van der Waals surface area (Å²) in [7, 11) is 0. The topological polar surface area (TPSA) is 48.8 Å². The van der Waals surface area contributed by atoms with Crippen LogP contribution in [-0.2, 0) is 39.2 Å². The van der Waals surface area contributed by atoms with Gasteiger partial charge in [0.05, 0.1) is 16.7 Å². The average Bonchev–Trinajstić information content (AvgIpc) is 3.73. The molecule has 8 aromatic rings. The van der Waals surface area contributed by atoms with E-state index in [0.717, 1.165) is 49.8 Å². The average molecular weight is 951 g/mol. The molecule has 0 N–H and O–H groups in total. The first kappa shape index (κ1) is 36.1. The minimum Gasteiger partial charge on any atom is -0.508 e. The molecule has 58 heavy (non-hydrogen) atoms. The van der Waals surface area contributed by atoms with Crippen molar-refractivity contribution in [3.63, 3.8) is 0 Å². The van der Waals surface area contributed by atoms with E-state index in [1.165, 1.54) is 0 Å². The first-order valence-corrected chi connectivity index (χ1v) is 19.6. The third-order valence-electron chi connectivity index (χ3n) is 9.87. The van der Waals surface area contributed by atoms with E-state index in [-0.39, 0.29) is 26.5 Å². The van der Waals surface area contributed by atoms with Crippen LogP contribution in [0.25, 0.3) is 50.0 Å². The Kier molecular flexibility index (Phi) is 9.49. The molecule has 0 aliphatic heterocycles. The summed E-state index contributed by atoms with van der Waals surface area (Å²) in [5.41, 5.74) is 7.26. The molecule has 0 spiro atoms. The van der Waals surface area contributed by atoms with E-state index in [2.05, 4.69) is 63.5 Å². The van der Waals surface area contributed by atoms with Crippen molar-refractivity contribution in [1.29, 1.82) is 0 Å². The largest absolute Gasteiger partial charge is 0.508 e. The maximum atomic E-state index is 9.01. The molecule has 0 aliphatic rings. The van der Waals surface area contributed by atoms with Gasteiger partial charge in [-0.05, 0) is 93.3 Å². The van der Waals surface area contributed by atoms with Gasteiger partial charge in [0.25, 0.3) is 6.33 Å². The molecular formula is C51H53N5OPt-2. The number of aromatic nitrogens is 5. The molecule has 0 unspecified atom stereocenters. The second-order valence-corrected chi connectivity index (χ2v) is 18.1. The van der Waals surface area contributed by atoms with Crippen molar-refractivity contribution in [2.24, 2.45) is 10.8 Å². The normalized spacial score (nSPS) is 13.9. The fraction of sp³-hybridized carbons (Fsp3) is 0.314. The Morgan fingerprint density at radius 2 is 1.45 bits per heavy atom. The molecule has 4 aromatic carbocycles. The zero-order chi connectivity index (χ0) is 44.0. The Morgan fingerprint density at radius 1 is 0.724 bits per heavy atom. The number of pyridine rings is 2. The first-order valence-electron chi connectivity index (χ1n) is 21.6. The van der Waals surface area contributed by atoms with Crippen molar-refractivity contribution in [1.82, 2.24) is 19.1 Å². The Labute approximate surface area is 363 Å². The van der Waals surface area contributed by atoms with Crippen LogP contribution in [0.4, 0.5) is 0 Å². The number of hydrogen-bond donors (Lipinski definition) is 0. The number of ether oxygens (including phenoxy) is 1.